The lowest BCUT2D eigenvalue weighted by atomic mass is 9.96. The van der Waals surface area contributed by atoms with E-state index in [9.17, 15) is 24.3 Å². The van der Waals surface area contributed by atoms with E-state index in [4.69, 9.17) is 0 Å². The molecule has 1 aromatic carbocycles. The summed E-state index contributed by atoms with van der Waals surface area (Å²) in [6.45, 7) is 4.98. The number of halogens is 1. The Bertz CT molecular complexity index is 892. The molecule has 0 bridgehead atoms. The molecule has 1 N–H and O–H groups in total. The van der Waals surface area contributed by atoms with Gasteiger partial charge in [0, 0.05) is 11.6 Å². The van der Waals surface area contributed by atoms with Crippen molar-refractivity contribution in [2.24, 2.45) is 0 Å². The maximum absolute atomic E-state index is 13.0. The topological polar surface area (TPSA) is 83.1 Å². The Balaban J connectivity index is 2.78. The summed E-state index contributed by atoms with van der Waals surface area (Å²) in [5.74, 6) is -1.53. The SMILES string of the molecule is CCC(C)n1c(O)c(C(=O)c2ccc(F)cc2)c(C)c(C#N)c1=O. The molecule has 1 aromatic heterocycles. The van der Waals surface area contributed by atoms with E-state index in [2.05, 4.69) is 0 Å². The van der Waals surface area contributed by atoms with Crippen LogP contribution in [0.15, 0.2) is 29.1 Å². The average molecular weight is 328 g/mol. The molecule has 0 aliphatic heterocycles. The lowest BCUT2D eigenvalue weighted by Gasteiger charge is -2.19. The van der Waals surface area contributed by atoms with Crippen LogP contribution in [0.3, 0.4) is 0 Å². The number of pyridine rings is 1. The Kier molecular flexibility index (Phi) is 4.84. The molecule has 0 amide bonds. The molecule has 6 heteroatoms. The van der Waals surface area contributed by atoms with Crippen LogP contribution in [0.25, 0.3) is 0 Å². The second kappa shape index (κ2) is 6.67. The van der Waals surface area contributed by atoms with Crippen molar-refractivity contribution < 1.29 is 14.3 Å². The van der Waals surface area contributed by atoms with Crippen molar-refractivity contribution in [1.82, 2.24) is 4.57 Å². The number of nitriles is 1. The summed E-state index contributed by atoms with van der Waals surface area (Å²) in [5.41, 5.74) is -0.643. The van der Waals surface area contributed by atoms with E-state index >= 15 is 0 Å². The second-order valence-electron chi connectivity index (χ2n) is 5.58. The van der Waals surface area contributed by atoms with Gasteiger partial charge in [-0.1, -0.05) is 6.92 Å². The highest BCUT2D eigenvalue weighted by Crippen LogP contribution is 2.28. The number of hydrogen-bond acceptors (Lipinski definition) is 4. The molecule has 0 aliphatic rings. The zero-order chi connectivity index (χ0) is 18.0. The highest BCUT2D eigenvalue weighted by molar-refractivity contribution is 6.11. The predicted octanol–water partition coefficient (Wildman–Crippen LogP) is 3.08. The third-order valence-corrected chi connectivity index (χ3v) is 4.11. The second-order valence-corrected chi connectivity index (χ2v) is 5.58. The van der Waals surface area contributed by atoms with Gasteiger partial charge in [0.15, 0.2) is 5.78 Å². The first-order chi connectivity index (χ1) is 11.3. The van der Waals surface area contributed by atoms with Crippen LogP contribution in [0.5, 0.6) is 5.88 Å². The van der Waals surface area contributed by atoms with Gasteiger partial charge in [-0.05, 0) is 50.1 Å². The summed E-state index contributed by atoms with van der Waals surface area (Å²) in [5, 5.41) is 19.8. The third-order valence-electron chi connectivity index (χ3n) is 4.11. The van der Waals surface area contributed by atoms with Gasteiger partial charge in [0.05, 0.1) is 5.56 Å². The molecule has 124 valence electrons. The van der Waals surface area contributed by atoms with Gasteiger partial charge in [-0.3, -0.25) is 14.2 Å². The summed E-state index contributed by atoms with van der Waals surface area (Å²) in [6.07, 6.45) is 0.533. The molecule has 1 unspecified atom stereocenters. The average Bonchev–Trinajstić information content (AvgIpc) is 2.55. The minimum Gasteiger partial charge on any atom is -0.494 e. The van der Waals surface area contributed by atoms with E-state index in [0.29, 0.717) is 6.42 Å². The van der Waals surface area contributed by atoms with Gasteiger partial charge in [0.1, 0.15) is 17.4 Å². The summed E-state index contributed by atoms with van der Waals surface area (Å²) in [4.78, 5) is 25.2. The van der Waals surface area contributed by atoms with Crippen molar-refractivity contribution in [3.63, 3.8) is 0 Å². The Morgan fingerprint density at radius 2 is 1.96 bits per heavy atom. The van der Waals surface area contributed by atoms with Crippen LogP contribution in [-0.2, 0) is 0 Å². The van der Waals surface area contributed by atoms with Crippen LogP contribution in [0, 0.1) is 24.1 Å². The Morgan fingerprint density at radius 1 is 1.38 bits per heavy atom. The van der Waals surface area contributed by atoms with Gasteiger partial charge in [-0.2, -0.15) is 5.26 Å². The van der Waals surface area contributed by atoms with E-state index in [1.165, 1.54) is 19.1 Å². The van der Waals surface area contributed by atoms with Crippen LogP contribution in [-0.4, -0.2) is 15.5 Å². The monoisotopic (exact) mass is 328 g/mol. The van der Waals surface area contributed by atoms with Gasteiger partial charge in [0.2, 0.25) is 5.88 Å². The zero-order valence-corrected chi connectivity index (χ0v) is 13.6. The van der Waals surface area contributed by atoms with Crippen LogP contribution >= 0.6 is 0 Å². The molecule has 2 rings (SSSR count). The maximum Gasteiger partial charge on any atom is 0.271 e. The Morgan fingerprint density at radius 3 is 2.46 bits per heavy atom. The highest BCUT2D eigenvalue weighted by Gasteiger charge is 2.26. The van der Waals surface area contributed by atoms with Crippen molar-refractivity contribution in [3.05, 3.63) is 62.7 Å². The lowest BCUT2D eigenvalue weighted by molar-refractivity contribution is 0.103. The molecule has 0 fully saturated rings. The Hall–Kier alpha value is -2.94. The van der Waals surface area contributed by atoms with Crippen LogP contribution in [0.2, 0.25) is 0 Å². The molecule has 0 saturated carbocycles. The first-order valence-corrected chi connectivity index (χ1v) is 7.51. The van der Waals surface area contributed by atoms with Gasteiger partial charge in [-0.25, -0.2) is 4.39 Å². The van der Waals surface area contributed by atoms with Gasteiger partial charge in [0.25, 0.3) is 5.56 Å². The fourth-order valence-corrected chi connectivity index (χ4v) is 2.53. The fraction of sp³-hybridized carbons (Fsp3) is 0.278. The zero-order valence-electron chi connectivity index (χ0n) is 13.6. The predicted molar refractivity (Wildman–Crippen MR) is 86.7 cm³/mol. The first kappa shape index (κ1) is 17.4. The number of carbonyl (C=O) groups excluding carboxylic acids is 1. The number of rotatable bonds is 4. The number of aromatic nitrogens is 1. The number of hydrogen-bond donors (Lipinski definition) is 1. The lowest BCUT2D eigenvalue weighted by Crippen LogP contribution is -2.28. The molecular weight excluding hydrogens is 311 g/mol. The van der Waals surface area contributed by atoms with E-state index < -0.39 is 23.0 Å². The van der Waals surface area contributed by atoms with E-state index in [1.807, 2.05) is 13.0 Å². The molecule has 24 heavy (non-hydrogen) atoms. The minimum absolute atomic E-state index is 0.113. The molecule has 2 aromatic rings. The van der Waals surface area contributed by atoms with Crippen molar-refractivity contribution in [1.29, 1.82) is 5.26 Å². The van der Waals surface area contributed by atoms with E-state index in [-0.39, 0.29) is 28.3 Å². The summed E-state index contributed by atoms with van der Waals surface area (Å²) >= 11 is 0. The van der Waals surface area contributed by atoms with Gasteiger partial charge in [-0.15, -0.1) is 0 Å². The number of ketones is 1. The maximum atomic E-state index is 13.0. The van der Waals surface area contributed by atoms with Crippen molar-refractivity contribution >= 4 is 5.78 Å². The van der Waals surface area contributed by atoms with E-state index in [1.54, 1.807) is 6.92 Å². The van der Waals surface area contributed by atoms with Gasteiger partial charge < -0.3 is 5.11 Å². The molecular formula is C18H17FN2O3. The van der Waals surface area contributed by atoms with Crippen molar-refractivity contribution in [2.75, 3.05) is 0 Å². The highest BCUT2D eigenvalue weighted by atomic mass is 19.1. The number of aromatic hydroxyl groups is 1. The smallest absolute Gasteiger partial charge is 0.271 e. The first-order valence-electron chi connectivity index (χ1n) is 7.51. The quantitative estimate of drug-likeness (QED) is 0.874. The van der Waals surface area contributed by atoms with Crippen molar-refractivity contribution in [3.8, 4) is 11.9 Å². The van der Waals surface area contributed by atoms with E-state index in [0.717, 1.165) is 16.7 Å². The standard InChI is InChI=1S/C18H17FN2O3/c1-4-10(2)21-17(23)14(9-20)11(3)15(18(21)24)16(22)12-5-7-13(19)8-6-12/h5-8,10,24H,4H2,1-3H3. The molecule has 0 saturated heterocycles. The molecule has 0 spiro atoms. The Labute approximate surface area is 138 Å². The van der Waals surface area contributed by atoms with Crippen LogP contribution in [0.4, 0.5) is 4.39 Å². The third kappa shape index (κ3) is 2.81. The van der Waals surface area contributed by atoms with Gasteiger partial charge >= 0.3 is 0 Å². The molecule has 1 atom stereocenters. The largest absolute Gasteiger partial charge is 0.494 e. The number of carbonyl (C=O) groups is 1. The van der Waals surface area contributed by atoms with Crippen LogP contribution < -0.4 is 5.56 Å². The van der Waals surface area contributed by atoms with Crippen LogP contribution in [0.1, 0.15) is 53.4 Å². The molecule has 1 heterocycles. The number of nitrogens with zero attached hydrogens (tertiary/aromatic N) is 2. The summed E-state index contributed by atoms with van der Waals surface area (Å²) < 4.78 is 14.1. The normalized spacial score (nSPS) is 11.8. The number of benzene rings is 1. The summed E-state index contributed by atoms with van der Waals surface area (Å²) in [7, 11) is 0. The summed E-state index contributed by atoms with van der Waals surface area (Å²) in [6, 6.07) is 6.28. The molecule has 5 nitrogen and oxygen atoms in total. The fourth-order valence-electron chi connectivity index (χ4n) is 2.53. The molecule has 0 radical (unpaired) electrons. The van der Waals surface area contributed by atoms with Crippen molar-refractivity contribution in [2.45, 2.75) is 33.2 Å². The molecule has 0 aliphatic carbocycles. The minimum atomic E-state index is -0.627.